The summed E-state index contributed by atoms with van der Waals surface area (Å²) >= 11 is 6.23. The molecule has 0 saturated carbocycles. The van der Waals surface area contributed by atoms with Gasteiger partial charge < -0.3 is 5.32 Å². The Balaban J connectivity index is 1.49. The Hall–Kier alpha value is -1.91. The van der Waals surface area contributed by atoms with Crippen molar-refractivity contribution in [3.8, 4) is 0 Å². The van der Waals surface area contributed by atoms with Crippen LogP contribution in [-0.2, 0) is 11.3 Å². The minimum Gasteiger partial charge on any atom is -0.349 e. The van der Waals surface area contributed by atoms with Crippen LogP contribution < -0.4 is 5.32 Å². The Kier molecular flexibility index (Phi) is 6.28. The molecule has 1 aliphatic rings. The summed E-state index contributed by atoms with van der Waals surface area (Å²) in [5.41, 5.74) is 2.04. The standard InChI is InChI=1S/C21H24ClFN2O/c1-15(16-6-8-19(23)9-7-16)24-21(26)17-10-12-25(13-11-17)14-18-4-2-3-5-20(18)22/h2-9,15,17H,10-14H2,1H3,(H,24,26)/t15-/m1/s1. The topological polar surface area (TPSA) is 32.3 Å². The predicted molar refractivity (Wildman–Crippen MR) is 102 cm³/mol. The number of piperidine rings is 1. The zero-order chi connectivity index (χ0) is 18.5. The molecule has 1 heterocycles. The first-order chi connectivity index (χ1) is 12.5. The fourth-order valence-electron chi connectivity index (χ4n) is 3.39. The molecule has 26 heavy (non-hydrogen) atoms. The lowest BCUT2D eigenvalue weighted by Gasteiger charge is -2.32. The van der Waals surface area contributed by atoms with Crippen molar-refractivity contribution in [1.82, 2.24) is 10.2 Å². The summed E-state index contributed by atoms with van der Waals surface area (Å²) in [6, 6.07) is 14.0. The molecule has 3 rings (SSSR count). The maximum atomic E-state index is 13.0. The molecular formula is C21H24ClFN2O. The molecule has 138 valence electrons. The van der Waals surface area contributed by atoms with E-state index in [0.29, 0.717) is 0 Å². The van der Waals surface area contributed by atoms with Crippen molar-refractivity contribution in [2.75, 3.05) is 13.1 Å². The molecule has 1 atom stereocenters. The molecule has 0 aromatic heterocycles. The van der Waals surface area contributed by atoms with Crippen LogP contribution in [0.4, 0.5) is 4.39 Å². The second-order valence-corrected chi connectivity index (χ2v) is 7.33. The number of nitrogens with zero attached hydrogens (tertiary/aromatic N) is 1. The van der Waals surface area contributed by atoms with E-state index in [0.717, 1.165) is 48.6 Å². The van der Waals surface area contributed by atoms with Crippen molar-refractivity contribution in [3.05, 3.63) is 70.5 Å². The van der Waals surface area contributed by atoms with Crippen LogP contribution in [0.1, 0.15) is 36.9 Å². The van der Waals surface area contributed by atoms with Gasteiger partial charge in [0.05, 0.1) is 6.04 Å². The Labute approximate surface area is 159 Å². The highest BCUT2D eigenvalue weighted by molar-refractivity contribution is 6.31. The summed E-state index contributed by atoms with van der Waals surface area (Å²) in [7, 11) is 0. The lowest BCUT2D eigenvalue weighted by Crippen LogP contribution is -2.40. The van der Waals surface area contributed by atoms with E-state index in [-0.39, 0.29) is 23.7 Å². The van der Waals surface area contributed by atoms with Gasteiger partial charge in [0.2, 0.25) is 5.91 Å². The van der Waals surface area contributed by atoms with Crippen molar-refractivity contribution < 1.29 is 9.18 Å². The molecule has 2 aromatic rings. The van der Waals surface area contributed by atoms with Crippen LogP contribution in [0.25, 0.3) is 0 Å². The number of carbonyl (C=O) groups excluding carboxylic acids is 1. The van der Waals surface area contributed by atoms with Gasteiger partial charge in [-0.1, -0.05) is 41.9 Å². The number of carbonyl (C=O) groups is 1. The molecule has 0 spiro atoms. The average Bonchev–Trinajstić information content (AvgIpc) is 2.64. The van der Waals surface area contributed by atoms with Crippen LogP contribution in [0.3, 0.4) is 0 Å². The first-order valence-corrected chi connectivity index (χ1v) is 9.42. The molecule has 0 bridgehead atoms. The zero-order valence-corrected chi connectivity index (χ0v) is 15.7. The van der Waals surface area contributed by atoms with Crippen molar-refractivity contribution in [2.45, 2.75) is 32.4 Å². The van der Waals surface area contributed by atoms with Crippen LogP contribution in [0, 0.1) is 11.7 Å². The Morgan fingerprint density at radius 1 is 1.19 bits per heavy atom. The highest BCUT2D eigenvalue weighted by Crippen LogP contribution is 2.23. The summed E-state index contributed by atoms with van der Waals surface area (Å²) in [5, 5.41) is 3.85. The first-order valence-electron chi connectivity index (χ1n) is 9.04. The van der Waals surface area contributed by atoms with Crippen LogP contribution in [0.15, 0.2) is 48.5 Å². The van der Waals surface area contributed by atoms with E-state index >= 15 is 0 Å². The van der Waals surface area contributed by atoms with E-state index < -0.39 is 0 Å². The Morgan fingerprint density at radius 2 is 1.85 bits per heavy atom. The van der Waals surface area contributed by atoms with Gasteiger partial charge in [0.15, 0.2) is 0 Å². The molecule has 3 nitrogen and oxygen atoms in total. The number of hydrogen-bond donors (Lipinski definition) is 1. The van der Waals surface area contributed by atoms with Crippen LogP contribution in [0.2, 0.25) is 5.02 Å². The average molecular weight is 375 g/mol. The lowest BCUT2D eigenvalue weighted by atomic mass is 9.95. The van der Waals surface area contributed by atoms with Gasteiger partial charge in [-0.05, 0) is 62.2 Å². The van der Waals surface area contributed by atoms with Gasteiger partial charge >= 0.3 is 0 Å². The summed E-state index contributed by atoms with van der Waals surface area (Å²) in [4.78, 5) is 14.9. The van der Waals surface area contributed by atoms with Crippen LogP contribution in [-0.4, -0.2) is 23.9 Å². The van der Waals surface area contributed by atoms with Crippen LogP contribution in [0.5, 0.6) is 0 Å². The number of likely N-dealkylation sites (tertiary alicyclic amines) is 1. The van der Waals surface area contributed by atoms with Crippen molar-refractivity contribution >= 4 is 17.5 Å². The van der Waals surface area contributed by atoms with Crippen molar-refractivity contribution in [2.24, 2.45) is 5.92 Å². The molecule has 0 unspecified atom stereocenters. The highest BCUT2D eigenvalue weighted by Gasteiger charge is 2.26. The highest BCUT2D eigenvalue weighted by atomic mass is 35.5. The van der Waals surface area contributed by atoms with E-state index in [2.05, 4.69) is 10.2 Å². The number of rotatable bonds is 5. The van der Waals surface area contributed by atoms with Crippen LogP contribution >= 0.6 is 11.6 Å². The molecule has 1 fully saturated rings. The van der Waals surface area contributed by atoms with Crippen molar-refractivity contribution in [1.29, 1.82) is 0 Å². The molecular weight excluding hydrogens is 351 g/mol. The normalized spacial score (nSPS) is 17.0. The quantitative estimate of drug-likeness (QED) is 0.831. The second kappa shape index (κ2) is 8.65. The molecule has 0 aliphatic carbocycles. The van der Waals surface area contributed by atoms with E-state index in [1.54, 1.807) is 12.1 Å². The number of benzene rings is 2. The minimum atomic E-state index is -0.266. The van der Waals surface area contributed by atoms with Gasteiger partial charge in [-0.2, -0.15) is 0 Å². The molecule has 1 saturated heterocycles. The number of halogens is 2. The molecule has 5 heteroatoms. The SMILES string of the molecule is C[C@@H](NC(=O)C1CCN(Cc2ccccc2Cl)CC1)c1ccc(F)cc1. The molecule has 0 radical (unpaired) electrons. The molecule has 2 aromatic carbocycles. The lowest BCUT2D eigenvalue weighted by molar-refractivity contribution is -0.127. The third-order valence-electron chi connectivity index (χ3n) is 5.04. The molecule has 1 N–H and O–H groups in total. The Morgan fingerprint density at radius 3 is 2.50 bits per heavy atom. The third-order valence-corrected chi connectivity index (χ3v) is 5.41. The summed E-state index contributed by atoms with van der Waals surface area (Å²) < 4.78 is 13.0. The second-order valence-electron chi connectivity index (χ2n) is 6.92. The van der Waals surface area contributed by atoms with E-state index in [9.17, 15) is 9.18 Å². The van der Waals surface area contributed by atoms with Gasteiger partial charge in [-0.15, -0.1) is 0 Å². The monoisotopic (exact) mass is 374 g/mol. The zero-order valence-electron chi connectivity index (χ0n) is 14.9. The Bertz CT molecular complexity index is 742. The third kappa shape index (κ3) is 4.83. The predicted octanol–water partition coefficient (Wildman–Crippen LogP) is 4.57. The van der Waals surface area contributed by atoms with Gasteiger partial charge in [-0.3, -0.25) is 9.69 Å². The van der Waals surface area contributed by atoms with Gasteiger partial charge in [0.1, 0.15) is 5.82 Å². The summed E-state index contributed by atoms with van der Waals surface area (Å²) in [6.07, 6.45) is 1.68. The van der Waals surface area contributed by atoms with E-state index in [1.807, 2.05) is 31.2 Å². The van der Waals surface area contributed by atoms with Gasteiger partial charge in [-0.25, -0.2) is 4.39 Å². The fourth-order valence-corrected chi connectivity index (χ4v) is 3.58. The maximum Gasteiger partial charge on any atom is 0.223 e. The van der Waals surface area contributed by atoms with E-state index in [1.165, 1.54) is 12.1 Å². The van der Waals surface area contributed by atoms with E-state index in [4.69, 9.17) is 11.6 Å². The number of amides is 1. The first kappa shape index (κ1) is 18.9. The van der Waals surface area contributed by atoms with Gasteiger partial charge in [0.25, 0.3) is 0 Å². The molecule has 1 amide bonds. The molecule has 1 aliphatic heterocycles. The number of nitrogens with one attached hydrogen (secondary N) is 1. The summed E-state index contributed by atoms with van der Waals surface area (Å²) in [6.45, 7) is 4.51. The maximum absolute atomic E-state index is 13.0. The largest absolute Gasteiger partial charge is 0.349 e. The smallest absolute Gasteiger partial charge is 0.223 e. The van der Waals surface area contributed by atoms with Gasteiger partial charge in [0, 0.05) is 17.5 Å². The number of hydrogen-bond acceptors (Lipinski definition) is 2. The van der Waals surface area contributed by atoms with Crippen molar-refractivity contribution in [3.63, 3.8) is 0 Å². The minimum absolute atomic E-state index is 0.0281. The summed E-state index contributed by atoms with van der Waals surface area (Å²) in [5.74, 6) is -0.155. The fraction of sp³-hybridized carbons (Fsp3) is 0.381.